The molecule has 2 aromatic carbocycles. The van der Waals surface area contributed by atoms with Crippen LogP contribution in [0.25, 0.3) is 32.9 Å². The highest BCUT2D eigenvalue weighted by Crippen LogP contribution is 2.43. The second kappa shape index (κ2) is 14.0. The number of halogens is 3. The molecule has 0 aliphatic carbocycles. The van der Waals surface area contributed by atoms with E-state index in [-0.39, 0.29) is 75.9 Å². The van der Waals surface area contributed by atoms with Gasteiger partial charge < -0.3 is 24.5 Å². The van der Waals surface area contributed by atoms with Crippen LogP contribution in [0, 0.1) is 29.9 Å². The number of terminal acetylenes is 1. The first-order valence-electron chi connectivity index (χ1n) is 19.4. The summed E-state index contributed by atoms with van der Waals surface area (Å²) in [6.07, 6.45) is 12.3. The van der Waals surface area contributed by atoms with Gasteiger partial charge >= 0.3 is 6.01 Å². The predicted octanol–water partition coefficient (Wildman–Crippen LogP) is 5.37. The standard InChI is InChI=1S/C42H42F3N7O4/c1-3-30-33(44)9-6-25-16-29(53)17-31(35(25)30)37-36(45)38-32(19-46-37)39(48-41(47-38)56-23-42-12-5-13-51(42)20-26(43)18-42)50-21-27-7-8-28(22-50)52(27)40(55)24-10-14-49(15-11-24)34(54)4-2/h1,4,6,9,16-17,19,24,26-28,53H,2,5,7-8,10-15,18,20-23H2/t26-,27?,28?,42+/m1/s1. The summed E-state index contributed by atoms with van der Waals surface area (Å²) in [6.45, 7) is 6.72. The quantitative estimate of drug-likeness (QED) is 0.196. The fraction of sp³-hybridized carbons (Fsp3) is 0.452. The number of nitrogens with zero attached hydrogens (tertiary/aromatic N) is 7. The lowest BCUT2D eigenvalue weighted by molar-refractivity contribution is -0.142. The number of ether oxygens (including phenoxy) is 1. The molecule has 9 rings (SSSR count). The van der Waals surface area contributed by atoms with Gasteiger partial charge in [-0.15, -0.1) is 6.42 Å². The topological polar surface area (TPSA) is 115 Å². The smallest absolute Gasteiger partial charge is 0.319 e. The second-order valence-electron chi connectivity index (χ2n) is 15.9. The summed E-state index contributed by atoms with van der Waals surface area (Å²) in [5.74, 6) is 0.872. The summed E-state index contributed by atoms with van der Waals surface area (Å²) in [4.78, 5) is 48.0. The van der Waals surface area contributed by atoms with Crippen molar-refractivity contribution >= 4 is 39.3 Å². The number of amides is 2. The normalized spacial score (nSPS) is 25.2. The Bertz CT molecular complexity index is 2310. The molecule has 2 aromatic heterocycles. The van der Waals surface area contributed by atoms with Gasteiger partial charge in [0.2, 0.25) is 11.8 Å². The molecule has 1 N–H and O–H groups in total. The third-order valence-corrected chi connectivity index (χ3v) is 12.7. The molecule has 290 valence electrons. The highest BCUT2D eigenvalue weighted by atomic mass is 19.1. The molecule has 4 atom stereocenters. The van der Waals surface area contributed by atoms with Gasteiger partial charge in [0.05, 0.1) is 16.5 Å². The van der Waals surface area contributed by atoms with Gasteiger partial charge in [-0.25, -0.2) is 13.2 Å². The molecule has 7 heterocycles. The number of aromatic hydroxyl groups is 1. The molecule has 56 heavy (non-hydrogen) atoms. The van der Waals surface area contributed by atoms with Crippen LogP contribution in [-0.4, -0.2) is 116 Å². The summed E-state index contributed by atoms with van der Waals surface area (Å²) in [5.41, 5.74) is -0.778. The largest absolute Gasteiger partial charge is 0.508 e. The number of hydrogen-bond acceptors (Lipinski definition) is 9. The van der Waals surface area contributed by atoms with Crippen LogP contribution in [0.1, 0.15) is 50.5 Å². The van der Waals surface area contributed by atoms with Gasteiger partial charge in [-0.3, -0.25) is 19.5 Å². The third kappa shape index (κ3) is 5.98. The molecule has 0 spiro atoms. The number of phenolic OH excluding ortho intramolecular Hbond substituents is 1. The monoisotopic (exact) mass is 765 g/mol. The zero-order chi connectivity index (χ0) is 38.9. The Morgan fingerprint density at radius 2 is 1.84 bits per heavy atom. The van der Waals surface area contributed by atoms with Crippen molar-refractivity contribution in [3.8, 4) is 35.4 Å². The first-order chi connectivity index (χ1) is 27.1. The summed E-state index contributed by atoms with van der Waals surface area (Å²) in [5, 5.41) is 11.6. The zero-order valence-electron chi connectivity index (χ0n) is 30.9. The van der Waals surface area contributed by atoms with E-state index in [0.29, 0.717) is 68.6 Å². The van der Waals surface area contributed by atoms with E-state index in [0.717, 1.165) is 32.2 Å². The van der Waals surface area contributed by atoms with E-state index in [1.165, 1.54) is 36.5 Å². The summed E-state index contributed by atoms with van der Waals surface area (Å²) < 4.78 is 53.1. The van der Waals surface area contributed by atoms with Crippen molar-refractivity contribution < 1.29 is 32.6 Å². The van der Waals surface area contributed by atoms with E-state index in [1.54, 1.807) is 4.90 Å². The van der Waals surface area contributed by atoms with Crippen molar-refractivity contribution in [3.63, 3.8) is 0 Å². The third-order valence-electron chi connectivity index (χ3n) is 12.7. The van der Waals surface area contributed by atoms with Gasteiger partial charge in [0.25, 0.3) is 0 Å². The molecule has 14 heteroatoms. The lowest BCUT2D eigenvalue weighted by atomic mass is 9.94. The average Bonchev–Trinajstić information content (AvgIpc) is 3.82. The van der Waals surface area contributed by atoms with E-state index < -0.39 is 23.3 Å². The SMILES string of the molecule is C#Cc1c(F)ccc2cc(O)cc(-c3ncc4c(N5CC6CCC(C5)N6C(=O)C5CCN(C(=O)C=C)CC5)nc(OC[C@@]56CCCN5C[C@H](F)C6)nc4c3F)c12. The van der Waals surface area contributed by atoms with Gasteiger partial charge in [-0.05, 0) is 74.7 Å². The number of phenols is 1. The Balaban J connectivity index is 1.08. The number of hydrogen-bond donors (Lipinski definition) is 1. The van der Waals surface area contributed by atoms with Gasteiger partial charge in [0.15, 0.2) is 5.82 Å². The lowest BCUT2D eigenvalue weighted by Crippen LogP contribution is -2.58. The fourth-order valence-corrected chi connectivity index (χ4v) is 10.0. The number of fused-ring (bicyclic) bond motifs is 5. The maximum absolute atomic E-state index is 17.1. The van der Waals surface area contributed by atoms with Gasteiger partial charge in [-0.1, -0.05) is 18.6 Å². The molecule has 0 saturated carbocycles. The highest BCUT2D eigenvalue weighted by Gasteiger charge is 2.50. The van der Waals surface area contributed by atoms with Crippen LogP contribution in [-0.2, 0) is 9.59 Å². The maximum Gasteiger partial charge on any atom is 0.319 e. The molecule has 0 radical (unpaired) electrons. The van der Waals surface area contributed by atoms with Crippen LogP contribution in [0.3, 0.4) is 0 Å². The predicted molar refractivity (Wildman–Crippen MR) is 204 cm³/mol. The minimum Gasteiger partial charge on any atom is -0.508 e. The second-order valence-corrected chi connectivity index (χ2v) is 15.9. The Kier molecular flexibility index (Phi) is 9.03. The molecule has 5 aliphatic heterocycles. The Labute approximate surface area is 322 Å². The number of benzene rings is 2. The lowest BCUT2D eigenvalue weighted by Gasteiger charge is -2.44. The van der Waals surface area contributed by atoms with Crippen LogP contribution in [0.4, 0.5) is 19.0 Å². The van der Waals surface area contributed by atoms with E-state index in [4.69, 9.17) is 16.1 Å². The maximum atomic E-state index is 17.1. The number of aromatic nitrogens is 3. The first kappa shape index (κ1) is 36.2. The first-order valence-corrected chi connectivity index (χ1v) is 19.4. The number of alkyl halides is 1. The van der Waals surface area contributed by atoms with Crippen LogP contribution in [0.2, 0.25) is 0 Å². The molecule has 2 amide bonds. The number of carbonyl (C=O) groups excluding carboxylic acids is 2. The molecule has 5 fully saturated rings. The number of likely N-dealkylation sites (tertiary alicyclic amines) is 1. The number of piperazine rings is 1. The number of pyridine rings is 1. The molecular formula is C42H42F3N7O4. The summed E-state index contributed by atoms with van der Waals surface area (Å²) in [7, 11) is 0. The molecular weight excluding hydrogens is 724 g/mol. The van der Waals surface area contributed by atoms with Crippen molar-refractivity contribution in [2.24, 2.45) is 5.92 Å². The van der Waals surface area contributed by atoms with E-state index >= 15 is 4.39 Å². The Morgan fingerprint density at radius 3 is 2.57 bits per heavy atom. The van der Waals surface area contributed by atoms with Crippen molar-refractivity contribution in [1.82, 2.24) is 29.7 Å². The fourth-order valence-electron chi connectivity index (χ4n) is 10.0. The van der Waals surface area contributed by atoms with Crippen molar-refractivity contribution in [3.05, 3.63) is 60.3 Å². The molecule has 5 aliphatic rings. The zero-order valence-corrected chi connectivity index (χ0v) is 30.9. The molecule has 2 unspecified atom stereocenters. The molecule has 11 nitrogen and oxygen atoms in total. The van der Waals surface area contributed by atoms with Crippen LogP contribution in [0.15, 0.2) is 43.1 Å². The molecule has 5 saturated heterocycles. The number of carbonyl (C=O) groups is 2. The van der Waals surface area contributed by atoms with Crippen LogP contribution >= 0.6 is 0 Å². The number of piperidine rings is 1. The number of rotatable bonds is 7. The van der Waals surface area contributed by atoms with Crippen LogP contribution in [0.5, 0.6) is 11.8 Å². The van der Waals surface area contributed by atoms with E-state index in [1.807, 2.05) is 9.80 Å². The minimum absolute atomic E-state index is 0.0742. The Morgan fingerprint density at radius 1 is 1.07 bits per heavy atom. The number of anilines is 1. The molecule has 4 aromatic rings. The van der Waals surface area contributed by atoms with Gasteiger partial charge in [0, 0.05) is 74.3 Å². The van der Waals surface area contributed by atoms with Crippen molar-refractivity contribution in [2.75, 3.05) is 50.8 Å². The van der Waals surface area contributed by atoms with E-state index in [2.05, 4.69) is 27.4 Å². The minimum atomic E-state index is -0.968. The summed E-state index contributed by atoms with van der Waals surface area (Å²) in [6, 6.07) is 5.09. The Hall–Kier alpha value is -5.42. The van der Waals surface area contributed by atoms with Crippen molar-refractivity contribution in [1.29, 1.82) is 0 Å². The van der Waals surface area contributed by atoms with Gasteiger partial charge in [0.1, 0.15) is 41.4 Å². The average molecular weight is 766 g/mol. The molecule has 2 bridgehead atoms. The van der Waals surface area contributed by atoms with E-state index in [9.17, 15) is 23.5 Å². The van der Waals surface area contributed by atoms with Gasteiger partial charge in [-0.2, -0.15) is 9.97 Å². The highest BCUT2D eigenvalue weighted by molar-refractivity contribution is 6.03. The summed E-state index contributed by atoms with van der Waals surface area (Å²) >= 11 is 0. The van der Waals surface area contributed by atoms with Crippen LogP contribution < -0.4 is 9.64 Å². The van der Waals surface area contributed by atoms with Crippen molar-refractivity contribution in [2.45, 2.75) is 68.7 Å².